The molecule has 0 aliphatic heterocycles. The molecule has 112 valence electrons. The van der Waals surface area contributed by atoms with Gasteiger partial charge in [0, 0.05) is 11.7 Å². The van der Waals surface area contributed by atoms with Crippen LogP contribution in [0.25, 0.3) is 4.85 Å². The van der Waals surface area contributed by atoms with Crippen LogP contribution in [0.2, 0.25) is 0 Å². The van der Waals surface area contributed by atoms with Gasteiger partial charge in [0.2, 0.25) is 0 Å². The molecule has 0 bridgehead atoms. The van der Waals surface area contributed by atoms with Crippen LogP contribution < -0.4 is 4.90 Å². The minimum atomic E-state index is -0.510. The van der Waals surface area contributed by atoms with Crippen LogP contribution in [-0.4, -0.2) is 17.7 Å². The summed E-state index contributed by atoms with van der Waals surface area (Å²) in [5, 5.41) is 0. The predicted molar refractivity (Wildman–Crippen MR) is 83.7 cm³/mol. The summed E-state index contributed by atoms with van der Waals surface area (Å²) >= 11 is 0. The number of hydrogen-bond acceptors (Lipinski definition) is 2. The Morgan fingerprint density at radius 2 is 1.81 bits per heavy atom. The van der Waals surface area contributed by atoms with Crippen molar-refractivity contribution in [3.8, 4) is 0 Å². The van der Waals surface area contributed by atoms with Gasteiger partial charge in [-0.25, -0.2) is 9.64 Å². The normalized spacial score (nSPS) is 15.5. The number of hydrogen-bond donors (Lipinski definition) is 0. The fraction of sp³-hybridized carbons (Fsp3) is 0.529. The summed E-state index contributed by atoms with van der Waals surface area (Å²) in [4.78, 5) is 17.7. The molecule has 1 aliphatic rings. The second-order valence-corrected chi connectivity index (χ2v) is 6.42. The molecule has 0 heterocycles. The first kappa shape index (κ1) is 15.4. The van der Waals surface area contributed by atoms with Gasteiger partial charge in [-0.2, -0.15) is 0 Å². The monoisotopic (exact) mass is 286 g/mol. The summed E-state index contributed by atoms with van der Waals surface area (Å²) in [6.45, 7) is 12.6. The number of carbonyl (C=O) groups is 1. The minimum Gasteiger partial charge on any atom is -0.443 e. The molecule has 1 amide bonds. The Hall–Kier alpha value is -2.02. The molecular formula is C17H22N2O2. The van der Waals surface area contributed by atoms with E-state index in [-0.39, 0.29) is 12.1 Å². The average molecular weight is 286 g/mol. The lowest BCUT2D eigenvalue weighted by atomic mass is 10.1. The number of anilines is 1. The van der Waals surface area contributed by atoms with E-state index in [0.717, 1.165) is 31.4 Å². The second-order valence-electron chi connectivity index (χ2n) is 6.42. The van der Waals surface area contributed by atoms with Crippen molar-refractivity contribution in [3.63, 3.8) is 0 Å². The highest BCUT2D eigenvalue weighted by atomic mass is 16.6. The first-order valence-electron chi connectivity index (χ1n) is 7.40. The van der Waals surface area contributed by atoms with Gasteiger partial charge in [-0.15, -0.1) is 0 Å². The third kappa shape index (κ3) is 3.98. The summed E-state index contributed by atoms with van der Waals surface area (Å²) in [5.41, 5.74) is 0.877. The molecule has 0 aromatic heterocycles. The molecule has 0 radical (unpaired) electrons. The van der Waals surface area contributed by atoms with E-state index in [1.54, 1.807) is 17.0 Å². The largest absolute Gasteiger partial charge is 0.443 e. The smallest absolute Gasteiger partial charge is 0.415 e. The second kappa shape index (κ2) is 6.17. The van der Waals surface area contributed by atoms with Gasteiger partial charge in [0.25, 0.3) is 0 Å². The highest BCUT2D eigenvalue weighted by Gasteiger charge is 2.31. The summed E-state index contributed by atoms with van der Waals surface area (Å²) in [6.07, 6.45) is 3.99. The van der Waals surface area contributed by atoms with Crippen molar-refractivity contribution in [3.05, 3.63) is 35.7 Å². The number of amides is 1. The Morgan fingerprint density at radius 3 is 2.29 bits per heavy atom. The van der Waals surface area contributed by atoms with E-state index < -0.39 is 5.60 Å². The van der Waals surface area contributed by atoms with Crippen LogP contribution in [0.3, 0.4) is 0 Å². The zero-order valence-corrected chi connectivity index (χ0v) is 12.9. The molecule has 21 heavy (non-hydrogen) atoms. The zero-order chi connectivity index (χ0) is 15.5. The lowest BCUT2D eigenvalue weighted by Crippen LogP contribution is -2.42. The molecule has 0 N–H and O–H groups in total. The van der Waals surface area contributed by atoms with Crippen LogP contribution in [-0.2, 0) is 4.74 Å². The van der Waals surface area contributed by atoms with E-state index in [9.17, 15) is 4.79 Å². The van der Waals surface area contributed by atoms with Crippen LogP contribution >= 0.6 is 0 Å². The Bertz CT molecular complexity index is 531. The number of rotatable bonds is 2. The van der Waals surface area contributed by atoms with E-state index in [1.165, 1.54) is 0 Å². The molecule has 1 aromatic rings. The van der Waals surface area contributed by atoms with Crippen LogP contribution in [0.1, 0.15) is 46.5 Å². The Balaban J connectivity index is 2.26. The highest BCUT2D eigenvalue weighted by Crippen LogP contribution is 2.31. The summed E-state index contributed by atoms with van der Waals surface area (Å²) in [6, 6.07) is 7.34. The Labute approximate surface area is 126 Å². The van der Waals surface area contributed by atoms with E-state index >= 15 is 0 Å². The summed E-state index contributed by atoms with van der Waals surface area (Å²) in [5.74, 6) is 0. The van der Waals surface area contributed by atoms with Crippen molar-refractivity contribution in [2.75, 3.05) is 4.90 Å². The van der Waals surface area contributed by atoms with Gasteiger partial charge >= 0.3 is 6.09 Å². The number of benzene rings is 1. The Kier molecular flexibility index (Phi) is 4.52. The maximum Gasteiger partial charge on any atom is 0.415 e. The van der Waals surface area contributed by atoms with Crippen molar-refractivity contribution < 1.29 is 9.53 Å². The number of nitrogens with zero attached hydrogens (tertiary/aromatic N) is 2. The van der Waals surface area contributed by atoms with Gasteiger partial charge in [-0.1, -0.05) is 25.0 Å². The molecule has 0 atom stereocenters. The maximum absolute atomic E-state index is 12.5. The van der Waals surface area contributed by atoms with E-state index in [2.05, 4.69) is 4.85 Å². The predicted octanol–water partition coefficient (Wildman–Crippen LogP) is 4.92. The van der Waals surface area contributed by atoms with Gasteiger partial charge < -0.3 is 4.74 Å². The van der Waals surface area contributed by atoms with Gasteiger partial charge in [-0.05, 0) is 45.7 Å². The third-order valence-corrected chi connectivity index (χ3v) is 3.54. The fourth-order valence-corrected chi connectivity index (χ4v) is 2.63. The lowest BCUT2D eigenvalue weighted by molar-refractivity contribution is 0.0566. The minimum absolute atomic E-state index is 0.193. The van der Waals surface area contributed by atoms with Gasteiger partial charge in [0.05, 0.1) is 6.57 Å². The SMILES string of the molecule is [C-]#[N+]c1ccc(N(C(=O)OC(C)(C)C)C2CCCC2)cc1. The van der Waals surface area contributed by atoms with Gasteiger partial charge in [0.1, 0.15) is 5.60 Å². The van der Waals surface area contributed by atoms with Crippen molar-refractivity contribution >= 4 is 17.5 Å². The molecule has 2 rings (SSSR count). The average Bonchev–Trinajstić information content (AvgIpc) is 2.91. The molecule has 1 aromatic carbocycles. The van der Waals surface area contributed by atoms with E-state index in [4.69, 9.17) is 11.3 Å². The molecule has 4 heteroatoms. The summed E-state index contributed by atoms with van der Waals surface area (Å²) < 4.78 is 5.55. The van der Waals surface area contributed by atoms with Crippen LogP contribution in [0.15, 0.2) is 24.3 Å². The summed E-state index contributed by atoms with van der Waals surface area (Å²) in [7, 11) is 0. The molecular weight excluding hydrogens is 264 g/mol. The molecule has 4 nitrogen and oxygen atoms in total. The molecule has 1 saturated carbocycles. The third-order valence-electron chi connectivity index (χ3n) is 3.54. The Morgan fingerprint density at radius 1 is 1.24 bits per heavy atom. The molecule has 0 spiro atoms. The lowest BCUT2D eigenvalue weighted by Gasteiger charge is -2.31. The number of ether oxygens (including phenoxy) is 1. The number of carbonyl (C=O) groups excluding carboxylic acids is 1. The molecule has 0 saturated heterocycles. The molecule has 1 aliphatic carbocycles. The van der Waals surface area contributed by atoms with Crippen molar-refractivity contribution in [1.29, 1.82) is 0 Å². The molecule has 0 unspecified atom stereocenters. The standard InChI is InChI=1S/C17H22N2O2/c1-17(2,3)21-16(20)19(14-7-5-6-8-14)15-11-9-13(18-4)10-12-15/h9-12,14H,5-8H2,1-3H3. The van der Waals surface area contributed by atoms with E-state index in [0.29, 0.717) is 5.69 Å². The highest BCUT2D eigenvalue weighted by molar-refractivity contribution is 5.89. The van der Waals surface area contributed by atoms with Crippen molar-refractivity contribution in [1.82, 2.24) is 0 Å². The first-order valence-corrected chi connectivity index (χ1v) is 7.40. The maximum atomic E-state index is 12.5. The van der Waals surface area contributed by atoms with Crippen LogP contribution in [0, 0.1) is 6.57 Å². The molecule has 1 fully saturated rings. The van der Waals surface area contributed by atoms with Crippen molar-refractivity contribution in [2.24, 2.45) is 0 Å². The van der Waals surface area contributed by atoms with Crippen LogP contribution in [0.5, 0.6) is 0 Å². The topological polar surface area (TPSA) is 33.9 Å². The van der Waals surface area contributed by atoms with Crippen molar-refractivity contribution in [2.45, 2.75) is 58.1 Å². The quantitative estimate of drug-likeness (QED) is 0.723. The van der Waals surface area contributed by atoms with Gasteiger partial charge in [-0.3, -0.25) is 4.90 Å². The van der Waals surface area contributed by atoms with Crippen LogP contribution in [0.4, 0.5) is 16.2 Å². The van der Waals surface area contributed by atoms with E-state index in [1.807, 2.05) is 32.9 Å². The fourth-order valence-electron chi connectivity index (χ4n) is 2.63. The van der Waals surface area contributed by atoms with Gasteiger partial charge in [0.15, 0.2) is 5.69 Å². The first-order chi connectivity index (χ1) is 9.90. The zero-order valence-electron chi connectivity index (χ0n) is 12.9.